The molecule has 6 heteroatoms. The fourth-order valence-corrected chi connectivity index (χ4v) is 2.20. The molecule has 2 aromatic rings. The van der Waals surface area contributed by atoms with Crippen LogP contribution in [0.3, 0.4) is 0 Å². The molecule has 0 radical (unpaired) electrons. The Kier molecular flexibility index (Phi) is 4.33. The fourth-order valence-electron chi connectivity index (χ4n) is 2.03. The van der Waals surface area contributed by atoms with Gasteiger partial charge >= 0.3 is 0 Å². The van der Waals surface area contributed by atoms with Gasteiger partial charge in [0.2, 0.25) is 5.91 Å². The smallest absolute Gasteiger partial charge is 0.248 e. The average molecular weight is 308 g/mol. The lowest BCUT2D eigenvalue weighted by atomic mass is 10.1. The summed E-state index contributed by atoms with van der Waals surface area (Å²) in [4.78, 5) is 12.7. The SMILES string of the molecule is CN(Cc1cc(N)ccc1Cl)c1ccc(C(N)=O)cc1F. The lowest BCUT2D eigenvalue weighted by molar-refractivity contribution is 0.1000. The summed E-state index contributed by atoms with van der Waals surface area (Å²) in [5.74, 6) is -1.18. The number of hydrogen-bond donors (Lipinski definition) is 2. The van der Waals surface area contributed by atoms with Crippen molar-refractivity contribution in [3.8, 4) is 0 Å². The van der Waals surface area contributed by atoms with Crippen LogP contribution in [0.25, 0.3) is 0 Å². The van der Waals surface area contributed by atoms with Crippen LogP contribution in [-0.2, 0) is 6.54 Å². The summed E-state index contributed by atoms with van der Waals surface area (Å²) in [7, 11) is 1.72. The second-order valence-electron chi connectivity index (χ2n) is 4.74. The maximum Gasteiger partial charge on any atom is 0.248 e. The van der Waals surface area contributed by atoms with Gasteiger partial charge in [-0.15, -0.1) is 0 Å². The largest absolute Gasteiger partial charge is 0.399 e. The first-order valence-corrected chi connectivity index (χ1v) is 6.60. The van der Waals surface area contributed by atoms with Crippen LogP contribution in [0.15, 0.2) is 36.4 Å². The summed E-state index contributed by atoms with van der Waals surface area (Å²) in [6.45, 7) is 0.386. The van der Waals surface area contributed by atoms with Crippen molar-refractivity contribution in [1.82, 2.24) is 0 Å². The lowest BCUT2D eigenvalue weighted by Gasteiger charge is -2.21. The van der Waals surface area contributed by atoms with Crippen molar-refractivity contribution in [3.05, 3.63) is 58.4 Å². The minimum atomic E-state index is -0.665. The molecule has 0 aromatic heterocycles. The number of nitrogen functional groups attached to an aromatic ring is 1. The monoisotopic (exact) mass is 307 g/mol. The fraction of sp³-hybridized carbons (Fsp3) is 0.133. The lowest BCUT2D eigenvalue weighted by Crippen LogP contribution is -2.19. The van der Waals surface area contributed by atoms with E-state index in [2.05, 4.69) is 0 Å². The highest BCUT2D eigenvalue weighted by Crippen LogP contribution is 2.25. The zero-order valence-electron chi connectivity index (χ0n) is 11.4. The van der Waals surface area contributed by atoms with E-state index in [0.717, 1.165) is 11.6 Å². The molecule has 0 spiro atoms. The van der Waals surface area contributed by atoms with Crippen molar-refractivity contribution in [2.24, 2.45) is 5.73 Å². The van der Waals surface area contributed by atoms with E-state index < -0.39 is 11.7 Å². The molecule has 0 fully saturated rings. The Balaban J connectivity index is 2.26. The molecule has 110 valence electrons. The normalized spacial score (nSPS) is 10.4. The third-order valence-electron chi connectivity index (χ3n) is 3.12. The molecule has 1 amide bonds. The van der Waals surface area contributed by atoms with E-state index in [4.69, 9.17) is 23.1 Å². The molecule has 0 bridgehead atoms. The molecule has 4 nitrogen and oxygen atoms in total. The van der Waals surface area contributed by atoms with E-state index in [1.165, 1.54) is 12.1 Å². The maximum atomic E-state index is 14.0. The number of nitrogens with zero attached hydrogens (tertiary/aromatic N) is 1. The van der Waals surface area contributed by atoms with Crippen LogP contribution < -0.4 is 16.4 Å². The molecule has 0 saturated carbocycles. The summed E-state index contributed by atoms with van der Waals surface area (Å²) >= 11 is 6.10. The number of primary amides is 1. The topological polar surface area (TPSA) is 72.3 Å². The molecule has 0 aliphatic heterocycles. The van der Waals surface area contributed by atoms with Crippen LogP contribution in [0.1, 0.15) is 15.9 Å². The van der Waals surface area contributed by atoms with E-state index in [9.17, 15) is 9.18 Å². The molecule has 0 aliphatic rings. The second kappa shape index (κ2) is 6.01. The van der Waals surface area contributed by atoms with Crippen molar-refractivity contribution in [2.45, 2.75) is 6.54 Å². The number of rotatable bonds is 4. The van der Waals surface area contributed by atoms with Crippen LogP contribution in [0.2, 0.25) is 5.02 Å². The highest BCUT2D eigenvalue weighted by Gasteiger charge is 2.12. The van der Waals surface area contributed by atoms with Crippen LogP contribution in [0, 0.1) is 5.82 Å². The van der Waals surface area contributed by atoms with Gasteiger partial charge in [0.25, 0.3) is 0 Å². The number of anilines is 2. The maximum absolute atomic E-state index is 14.0. The number of amides is 1. The predicted octanol–water partition coefficient (Wildman–Crippen LogP) is 2.80. The Morgan fingerprint density at radius 1 is 1.29 bits per heavy atom. The molecule has 21 heavy (non-hydrogen) atoms. The zero-order chi connectivity index (χ0) is 15.6. The van der Waals surface area contributed by atoms with Gasteiger partial charge in [0.1, 0.15) is 5.82 Å². The minimum Gasteiger partial charge on any atom is -0.399 e. The molecule has 0 atom stereocenters. The van der Waals surface area contributed by atoms with Gasteiger partial charge in [-0.05, 0) is 42.0 Å². The average Bonchev–Trinajstić information content (AvgIpc) is 2.42. The third kappa shape index (κ3) is 3.44. The van der Waals surface area contributed by atoms with Gasteiger partial charge in [0.15, 0.2) is 0 Å². The van der Waals surface area contributed by atoms with Crippen LogP contribution >= 0.6 is 11.6 Å². The van der Waals surface area contributed by atoms with Crippen molar-refractivity contribution < 1.29 is 9.18 Å². The predicted molar refractivity (Wildman–Crippen MR) is 82.9 cm³/mol. The van der Waals surface area contributed by atoms with Crippen LogP contribution in [0.5, 0.6) is 0 Å². The number of carbonyl (C=O) groups excluding carboxylic acids is 1. The second-order valence-corrected chi connectivity index (χ2v) is 5.14. The molecule has 0 heterocycles. The van der Waals surface area contributed by atoms with E-state index in [1.54, 1.807) is 30.1 Å². The number of hydrogen-bond acceptors (Lipinski definition) is 3. The molecule has 2 rings (SSSR count). The number of nitrogens with two attached hydrogens (primary N) is 2. The highest BCUT2D eigenvalue weighted by atomic mass is 35.5. The van der Waals surface area contributed by atoms with Crippen LogP contribution in [0.4, 0.5) is 15.8 Å². The molecule has 4 N–H and O–H groups in total. The molecule has 0 aliphatic carbocycles. The van der Waals surface area contributed by atoms with Gasteiger partial charge in [0, 0.05) is 29.9 Å². The molecular formula is C15H15ClFN3O. The Morgan fingerprint density at radius 3 is 2.62 bits per heavy atom. The minimum absolute atomic E-state index is 0.131. The molecule has 0 saturated heterocycles. The van der Waals surface area contributed by atoms with Crippen molar-refractivity contribution in [2.75, 3.05) is 17.7 Å². The number of benzene rings is 2. The first-order valence-electron chi connectivity index (χ1n) is 6.23. The first kappa shape index (κ1) is 15.1. The van der Waals surface area contributed by atoms with Crippen molar-refractivity contribution in [1.29, 1.82) is 0 Å². The van der Waals surface area contributed by atoms with Crippen molar-refractivity contribution in [3.63, 3.8) is 0 Å². The number of carbonyl (C=O) groups is 1. The summed E-state index contributed by atoms with van der Waals surface area (Å²) in [6.07, 6.45) is 0. The Bertz CT molecular complexity index is 691. The molecule has 0 unspecified atom stereocenters. The van der Waals surface area contributed by atoms with Gasteiger partial charge in [-0.3, -0.25) is 4.79 Å². The number of halogens is 2. The van der Waals surface area contributed by atoms with E-state index in [1.807, 2.05) is 0 Å². The first-order chi connectivity index (χ1) is 9.88. The van der Waals surface area contributed by atoms with Gasteiger partial charge in [-0.25, -0.2) is 4.39 Å². The van der Waals surface area contributed by atoms with Crippen molar-refractivity contribution >= 4 is 28.9 Å². The summed E-state index contributed by atoms with van der Waals surface area (Å²) < 4.78 is 14.0. The van der Waals surface area contributed by atoms with E-state index in [0.29, 0.717) is 22.9 Å². The zero-order valence-corrected chi connectivity index (χ0v) is 12.2. The molecular weight excluding hydrogens is 293 g/mol. The van der Waals surface area contributed by atoms with Gasteiger partial charge in [-0.1, -0.05) is 11.6 Å². The summed E-state index contributed by atoms with van der Waals surface area (Å²) in [5.41, 5.74) is 12.7. The Morgan fingerprint density at radius 2 is 2.00 bits per heavy atom. The van der Waals surface area contributed by atoms with Gasteiger partial charge in [-0.2, -0.15) is 0 Å². The quantitative estimate of drug-likeness (QED) is 0.853. The van der Waals surface area contributed by atoms with E-state index >= 15 is 0 Å². The summed E-state index contributed by atoms with van der Waals surface area (Å²) in [6, 6.07) is 9.26. The Hall–Kier alpha value is -2.27. The third-order valence-corrected chi connectivity index (χ3v) is 3.49. The van der Waals surface area contributed by atoms with Gasteiger partial charge in [0.05, 0.1) is 5.69 Å². The van der Waals surface area contributed by atoms with Crippen LogP contribution in [-0.4, -0.2) is 13.0 Å². The van der Waals surface area contributed by atoms with Gasteiger partial charge < -0.3 is 16.4 Å². The highest BCUT2D eigenvalue weighted by molar-refractivity contribution is 6.31. The Labute approximate surface area is 127 Å². The standard InChI is InChI=1S/C15H15ClFN3O/c1-20(8-10-6-11(18)3-4-12(10)16)14-5-2-9(15(19)21)7-13(14)17/h2-7H,8,18H2,1H3,(H2,19,21). The summed E-state index contributed by atoms with van der Waals surface area (Å²) in [5, 5.41) is 0.560. The molecule has 2 aromatic carbocycles. The van der Waals surface area contributed by atoms with E-state index in [-0.39, 0.29) is 5.56 Å².